The molecule has 0 aliphatic carbocycles. The van der Waals surface area contributed by atoms with Gasteiger partial charge in [-0.05, 0) is 65.4 Å². The van der Waals surface area contributed by atoms with Gasteiger partial charge in [0.15, 0.2) is 5.17 Å². The molecule has 1 N–H and O–H groups in total. The van der Waals surface area contributed by atoms with Crippen LogP contribution in [0.1, 0.15) is 16.9 Å². The molecule has 7 nitrogen and oxygen atoms in total. The van der Waals surface area contributed by atoms with Gasteiger partial charge in [-0.3, -0.25) is 9.69 Å². The van der Waals surface area contributed by atoms with E-state index in [-0.39, 0.29) is 18.2 Å². The van der Waals surface area contributed by atoms with Crippen LogP contribution in [0, 0.1) is 0 Å². The van der Waals surface area contributed by atoms with Crippen molar-refractivity contribution in [3.63, 3.8) is 0 Å². The fourth-order valence-corrected chi connectivity index (χ4v) is 3.94. The topological polar surface area (TPSA) is 81.6 Å². The second-order valence-corrected chi connectivity index (χ2v) is 8.30. The van der Waals surface area contributed by atoms with E-state index in [1.165, 1.54) is 11.8 Å². The predicted molar refractivity (Wildman–Crippen MR) is 129 cm³/mol. The molecule has 4 rings (SSSR count). The zero-order valence-corrected chi connectivity index (χ0v) is 18.5. The molecule has 32 heavy (non-hydrogen) atoms. The summed E-state index contributed by atoms with van der Waals surface area (Å²) in [6.45, 7) is 0.262. The van der Waals surface area contributed by atoms with Crippen molar-refractivity contribution in [2.45, 2.75) is 6.54 Å². The van der Waals surface area contributed by atoms with Crippen molar-refractivity contribution in [3.8, 4) is 5.75 Å². The summed E-state index contributed by atoms with van der Waals surface area (Å²) in [6, 6.07) is 18.2. The molecule has 2 heterocycles. The molecule has 2 aromatic carbocycles. The van der Waals surface area contributed by atoms with E-state index in [4.69, 9.17) is 4.42 Å². The Morgan fingerprint density at radius 2 is 1.78 bits per heavy atom. The number of anilines is 1. The minimum Gasteiger partial charge on any atom is -0.508 e. The molecule has 0 atom stereocenters. The summed E-state index contributed by atoms with van der Waals surface area (Å²) >= 11 is 1.25. The van der Waals surface area contributed by atoms with Gasteiger partial charge in [-0.1, -0.05) is 24.3 Å². The first-order chi connectivity index (χ1) is 15.5. The molecule has 0 unspecified atom stereocenters. The maximum Gasteiger partial charge on any atom is 0.267 e. The molecule has 1 fully saturated rings. The average Bonchev–Trinajstić information content (AvgIpc) is 3.40. The number of thioether (sulfide) groups is 1. The monoisotopic (exact) mass is 446 g/mol. The highest BCUT2D eigenvalue weighted by Gasteiger charge is 2.34. The van der Waals surface area contributed by atoms with Gasteiger partial charge >= 0.3 is 0 Å². The van der Waals surface area contributed by atoms with Crippen LogP contribution >= 0.6 is 11.8 Å². The van der Waals surface area contributed by atoms with E-state index < -0.39 is 0 Å². The first-order valence-corrected chi connectivity index (χ1v) is 10.7. The number of phenolic OH excluding ortho intramolecular Hbond substituents is 1. The van der Waals surface area contributed by atoms with Gasteiger partial charge in [0.2, 0.25) is 0 Å². The summed E-state index contributed by atoms with van der Waals surface area (Å²) in [5, 5.41) is 18.5. The zero-order chi connectivity index (χ0) is 22.5. The summed E-state index contributed by atoms with van der Waals surface area (Å²) in [6.07, 6.45) is 5.00. The molecule has 0 bridgehead atoms. The van der Waals surface area contributed by atoms with E-state index in [0.717, 1.165) is 16.8 Å². The average molecular weight is 447 g/mol. The largest absolute Gasteiger partial charge is 0.508 e. The number of phenols is 1. The van der Waals surface area contributed by atoms with Crippen molar-refractivity contribution in [2.75, 3.05) is 19.0 Å². The van der Waals surface area contributed by atoms with Gasteiger partial charge in [-0.25, -0.2) is 0 Å². The van der Waals surface area contributed by atoms with Crippen molar-refractivity contribution < 1.29 is 14.3 Å². The minimum absolute atomic E-state index is 0.173. The van der Waals surface area contributed by atoms with Gasteiger partial charge in [0.25, 0.3) is 5.91 Å². The molecule has 0 spiro atoms. The van der Waals surface area contributed by atoms with E-state index in [1.54, 1.807) is 53.8 Å². The molecular weight excluding hydrogens is 424 g/mol. The van der Waals surface area contributed by atoms with Gasteiger partial charge < -0.3 is 14.4 Å². The first kappa shape index (κ1) is 21.5. The quantitative estimate of drug-likeness (QED) is 0.341. The molecule has 1 aliphatic rings. The number of amidine groups is 1. The highest BCUT2D eigenvalue weighted by molar-refractivity contribution is 8.18. The molecule has 0 saturated carbocycles. The summed E-state index contributed by atoms with van der Waals surface area (Å²) in [5.74, 6) is 0.650. The van der Waals surface area contributed by atoms with Gasteiger partial charge in [0, 0.05) is 19.8 Å². The number of rotatable bonds is 6. The van der Waals surface area contributed by atoms with E-state index in [9.17, 15) is 9.90 Å². The van der Waals surface area contributed by atoms with Crippen LogP contribution in [0.2, 0.25) is 0 Å². The third-order valence-electron chi connectivity index (χ3n) is 4.73. The van der Waals surface area contributed by atoms with Crippen molar-refractivity contribution in [2.24, 2.45) is 10.2 Å². The van der Waals surface area contributed by atoms with E-state index in [1.807, 2.05) is 49.3 Å². The predicted octanol–water partition coefficient (Wildman–Crippen LogP) is 4.56. The lowest BCUT2D eigenvalue weighted by Gasteiger charge is -2.12. The number of furan rings is 1. The molecule has 1 amide bonds. The summed E-state index contributed by atoms with van der Waals surface area (Å²) in [7, 11) is 3.97. The summed E-state index contributed by atoms with van der Waals surface area (Å²) in [5.41, 5.74) is 2.81. The number of carbonyl (C=O) groups excluding carboxylic acids is 1. The number of benzene rings is 2. The van der Waals surface area contributed by atoms with Crippen LogP contribution in [-0.2, 0) is 11.3 Å². The number of hydrogen-bond acceptors (Lipinski definition) is 7. The number of amides is 1. The minimum atomic E-state index is -0.177. The van der Waals surface area contributed by atoms with Crippen LogP contribution in [0.25, 0.3) is 6.08 Å². The summed E-state index contributed by atoms with van der Waals surface area (Å²) in [4.78, 5) is 17.1. The maximum atomic E-state index is 13.1. The number of aromatic hydroxyl groups is 1. The Morgan fingerprint density at radius 3 is 2.44 bits per heavy atom. The maximum absolute atomic E-state index is 13.1. The van der Waals surface area contributed by atoms with E-state index in [2.05, 4.69) is 10.2 Å². The molecule has 8 heteroatoms. The lowest BCUT2D eigenvalue weighted by Crippen LogP contribution is -2.28. The lowest BCUT2D eigenvalue weighted by molar-refractivity contribution is -0.122. The van der Waals surface area contributed by atoms with E-state index in [0.29, 0.717) is 15.8 Å². The van der Waals surface area contributed by atoms with Crippen LogP contribution in [0.4, 0.5) is 5.69 Å². The van der Waals surface area contributed by atoms with Gasteiger partial charge in [-0.2, -0.15) is 5.10 Å². The molecular formula is C24H22N4O3S. The molecule has 1 aliphatic heterocycles. The Labute approximate surface area is 190 Å². The Morgan fingerprint density at radius 1 is 1.06 bits per heavy atom. The summed E-state index contributed by atoms with van der Waals surface area (Å²) < 4.78 is 5.42. The van der Waals surface area contributed by atoms with Crippen molar-refractivity contribution in [1.29, 1.82) is 0 Å². The third-order valence-corrected chi connectivity index (χ3v) is 5.73. The van der Waals surface area contributed by atoms with Crippen molar-refractivity contribution >= 4 is 40.8 Å². The van der Waals surface area contributed by atoms with Crippen LogP contribution in [0.5, 0.6) is 5.75 Å². The second-order valence-electron chi connectivity index (χ2n) is 7.29. The fraction of sp³-hybridized carbons (Fsp3) is 0.125. The third kappa shape index (κ3) is 5.09. The Bertz CT molecular complexity index is 1160. The standard InChI is InChI=1S/C24H22N4O3S/c1-27(2)19-9-5-18(6-10-19)15-25-26-24-28(16-21-4-3-13-31-21)23(30)22(32-24)14-17-7-11-20(29)12-8-17/h3-15,29H,16H2,1-2H3/b22-14-,25-15-,26-24+. The lowest BCUT2D eigenvalue weighted by atomic mass is 10.2. The highest BCUT2D eigenvalue weighted by Crippen LogP contribution is 2.34. The van der Waals surface area contributed by atoms with Crippen LogP contribution in [-0.4, -0.2) is 41.4 Å². The SMILES string of the molecule is CN(C)c1ccc(/C=N\N=C2\S/C(=C\c3ccc(O)cc3)C(=O)N2Cc2ccco2)cc1. The Hall–Kier alpha value is -3.78. The van der Waals surface area contributed by atoms with Crippen LogP contribution < -0.4 is 4.90 Å². The first-order valence-electron chi connectivity index (χ1n) is 9.91. The van der Waals surface area contributed by atoms with Crippen LogP contribution in [0.15, 0.2) is 86.5 Å². The molecule has 162 valence electrons. The zero-order valence-electron chi connectivity index (χ0n) is 17.7. The van der Waals surface area contributed by atoms with Gasteiger partial charge in [-0.15, -0.1) is 5.10 Å². The Kier molecular flexibility index (Phi) is 6.42. The number of hydrogen-bond donors (Lipinski definition) is 1. The Balaban J connectivity index is 1.58. The van der Waals surface area contributed by atoms with Crippen LogP contribution in [0.3, 0.4) is 0 Å². The van der Waals surface area contributed by atoms with Crippen molar-refractivity contribution in [1.82, 2.24) is 4.90 Å². The highest BCUT2D eigenvalue weighted by atomic mass is 32.2. The normalized spacial score (nSPS) is 16.6. The number of carbonyl (C=O) groups is 1. The second kappa shape index (κ2) is 9.57. The number of nitrogens with zero attached hydrogens (tertiary/aromatic N) is 4. The van der Waals surface area contributed by atoms with Gasteiger partial charge in [0.05, 0.1) is 23.9 Å². The van der Waals surface area contributed by atoms with E-state index >= 15 is 0 Å². The van der Waals surface area contributed by atoms with Crippen molar-refractivity contribution in [3.05, 3.63) is 88.7 Å². The fourth-order valence-electron chi connectivity index (χ4n) is 3.01. The molecule has 1 aromatic heterocycles. The molecule has 3 aromatic rings. The van der Waals surface area contributed by atoms with Gasteiger partial charge in [0.1, 0.15) is 11.5 Å². The smallest absolute Gasteiger partial charge is 0.267 e. The molecule has 0 radical (unpaired) electrons. The molecule has 1 saturated heterocycles.